The van der Waals surface area contributed by atoms with Crippen molar-refractivity contribution >= 4 is 34.8 Å². The van der Waals surface area contributed by atoms with Crippen LogP contribution >= 0.6 is 12.2 Å². The smallest absolute Gasteiger partial charge is 0.261 e. The summed E-state index contributed by atoms with van der Waals surface area (Å²) in [5, 5.41) is 5.83. The van der Waals surface area contributed by atoms with Gasteiger partial charge in [-0.25, -0.2) is 0 Å². The number of carbonyl (C=O) groups is 2. The van der Waals surface area contributed by atoms with E-state index in [0.29, 0.717) is 22.6 Å². The minimum Gasteiger partial charge on any atom is -0.490 e. The average molecular weight is 440 g/mol. The van der Waals surface area contributed by atoms with Gasteiger partial charge < -0.3 is 15.0 Å². The van der Waals surface area contributed by atoms with Crippen LogP contribution < -0.4 is 15.4 Å². The van der Waals surface area contributed by atoms with Gasteiger partial charge in [0.15, 0.2) is 5.11 Å². The average Bonchev–Trinajstić information content (AvgIpc) is 3.03. The summed E-state index contributed by atoms with van der Waals surface area (Å²) in [4.78, 5) is 27.7. The first-order valence-electron chi connectivity index (χ1n) is 10.7. The van der Waals surface area contributed by atoms with Crippen molar-refractivity contribution in [2.75, 3.05) is 18.4 Å². The number of rotatable bonds is 5. The van der Waals surface area contributed by atoms with E-state index in [9.17, 15) is 9.59 Å². The molecule has 7 heteroatoms. The Hall–Kier alpha value is -2.93. The number of nitrogens with zero attached hydrogens (tertiary/aromatic N) is 1. The molecule has 2 aromatic carbocycles. The Kier molecular flexibility index (Phi) is 8.00. The summed E-state index contributed by atoms with van der Waals surface area (Å²) in [6.45, 7) is 5.33. The third-order valence-corrected chi connectivity index (χ3v) is 5.22. The van der Waals surface area contributed by atoms with E-state index in [2.05, 4.69) is 10.6 Å². The Morgan fingerprint density at radius 1 is 0.935 bits per heavy atom. The second-order valence-corrected chi connectivity index (χ2v) is 8.23. The third-order valence-electron chi connectivity index (χ3n) is 5.02. The van der Waals surface area contributed by atoms with Crippen LogP contribution in [0.5, 0.6) is 5.75 Å². The molecule has 3 rings (SSSR count). The third kappa shape index (κ3) is 6.28. The molecule has 0 atom stereocenters. The van der Waals surface area contributed by atoms with Crippen LogP contribution in [-0.2, 0) is 0 Å². The van der Waals surface area contributed by atoms with E-state index >= 15 is 0 Å². The van der Waals surface area contributed by atoms with Crippen molar-refractivity contribution < 1.29 is 14.3 Å². The lowest BCUT2D eigenvalue weighted by Crippen LogP contribution is -2.36. The number of nitrogens with one attached hydrogen (secondary N) is 2. The van der Waals surface area contributed by atoms with Crippen LogP contribution in [0.3, 0.4) is 0 Å². The quantitative estimate of drug-likeness (QED) is 0.666. The summed E-state index contributed by atoms with van der Waals surface area (Å²) in [5.41, 5.74) is 1.52. The van der Waals surface area contributed by atoms with Crippen LogP contribution in [0, 0.1) is 0 Å². The predicted octanol–water partition coefficient (Wildman–Crippen LogP) is 4.62. The monoisotopic (exact) mass is 439 g/mol. The van der Waals surface area contributed by atoms with Gasteiger partial charge in [0.25, 0.3) is 11.8 Å². The molecule has 0 unspecified atom stereocenters. The van der Waals surface area contributed by atoms with Gasteiger partial charge in [-0.3, -0.25) is 14.9 Å². The van der Waals surface area contributed by atoms with Crippen molar-refractivity contribution in [3.05, 3.63) is 59.7 Å². The summed E-state index contributed by atoms with van der Waals surface area (Å²) in [6, 6.07) is 14.3. The largest absolute Gasteiger partial charge is 0.490 e. The molecule has 0 spiro atoms. The summed E-state index contributed by atoms with van der Waals surface area (Å²) >= 11 is 5.36. The molecule has 2 aromatic rings. The maximum atomic E-state index is 13.1. The van der Waals surface area contributed by atoms with Gasteiger partial charge in [0.2, 0.25) is 0 Å². The number of benzene rings is 2. The molecule has 0 saturated carbocycles. The van der Waals surface area contributed by atoms with Crippen molar-refractivity contribution in [3.8, 4) is 5.75 Å². The Morgan fingerprint density at radius 2 is 1.55 bits per heavy atom. The number of hydrogen-bond acceptors (Lipinski definition) is 4. The maximum absolute atomic E-state index is 13.1. The van der Waals surface area contributed by atoms with E-state index < -0.39 is 0 Å². The van der Waals surface area contributed by atoms with Gasteiger partial charge in [0.1, 0.15) is 5.75 Å². The van der Waals surface area contributed by atoms with Crippen LogP contribution in [0.25, 0.3) is 0 Å². The molecule has 164 valence electrons. The fraction of sp³-hybridized carbons (Fsp3) is 0.375. The van der Waals surface area contributed by atoms with E-state index in [-0.39, 0.29) is 23.0 Å². The van der Waals surface area contributed by atoms with Crippen molar-refractivity contribution in [1.82, 2.24) is 10.2 Å². The summed E-state index contributed by atoms with van der Waals surface area (Å²) in [5.74, 6) is 0.106. The van der Waals surface area contributed by atoms with Crippen molar-refractivity contribution in [2.24, 2.45) is 0 Å². The Labute approximate surface area is 189 Å². The molecule has 0 aromatic heterocycles. The SMILES string of the molecule is CC(C)Oc1ccccc1C(=O)NC(=S)Nc1ccccc1C(=O)N1CCCCCC1. The number of amides is 2. The van der Waals surface area contributed by atoms with Crippen LogP contribution in [0.1, 0.15) is 60.2 Å². The number of likely N-dealkylation sites (tertiary alicyclic amines) is 1. The van der Waals surface area contributed by atoms with Crippen molar-refractivity contribution in [2.45, 2.75) is 45.6 Å². The zero-order valence-corrected chi connectivity index (χ0v) is 18.8. The van der Waals surface area contributed by atoms with Gasteiger partial charge in [0, 0.05) is 13.1 Å². The Bertz CT molecular complexity index is 937. The fourth-order valence-electron chi connectivity index (χ4n) is 3.56. The molecule has 0 radical (unpaired) electrons. The zero-order chi connectivity index (χ0) is 22.2. The molecule has 6 nitrogen and oxygen atoms in total. The second-order valence-electron chi connectivity index (χ2n) is 7.82. The number of para-hydroxylation sites is 2. The highest BCUT2D eigenvalue weighted by Crippen LogP contribution is 2.21. The molecular weight excluding hydrogens is 410 g/mol. The van der Waals surface area contributed by atoms with E-state index in [1.54, 1.807) is 30.3 Å². The van der Waals surface area contributed by atoms with E-state index in [0.717, 1.165) is 38.8 Å². The Balaban J connectivity index is 1.70. The van der Waals surface area contributed by atoms with E-state index in [4.69, 9.17) is 17.0 Å². The highest BCUT2D eigenvalue weighted by atomic mass is 32.1. The molecular formula is C24H29N3O3S. The molecule has 1 saturated heterocycles. The normalized spacial score (nSPS) is 14.0. The van der Waals surface area contributed by atoms with E-state index in [1.807, 2.05) is 36.9 Å². The van der Waals surface area contributed by atoms with Crippen molar-refractivity contribution in [3.63, 3.8) is 0 Å². The van der Waals surface area contributed by atoms with Gasteiger partial charge in [-0.15, -0.1) is 0 Å². The lowest BCUT2D eigenvalue weighted by Gasteiger charge is -2.22. The van der Waals surface area contributed by atoms with Gasteiger partial charge in [-0.05, 0) is 63.2 Å². The van der Waals surface area contributed by atoms with Crippen LogP contribution in [0.15, 0.2) is 48.5 Å². The highest BCUT2D eigenvalue weighted by Gasteiger charge is 2.21. The van der Waals surface area contributed by atoms with Gasteiger partial charge in [-0.2, -0.15) is 0 Å². The molecule has 2 N–H and O–H groups in total. The molecule has 0 aliphatic carbocycles. The predicted molar refractivity (Wildman–Crippen MR) is 127 cm³/mol. The number of thiocarbonyl (C=S) groups is 1. The first kappa shape index (κ1) is 22.7. The minimum atomic E-state index is -0.370. The number of hydrogen-bond donors (Lipinski definition) is 2. The van der Waals surface area contributed by atoms with Gasteiger partial charge >= 0.3 is 0 Å². The standard InChI is InChI=1S/C24H29N3O3S/c1-17(2)30-21-14-8-6-12-19(21)22(28)26-24(31)25-20-13-7-5-11-18(20)23(29)27-15-9-3-4-10-16-27/h5-8,11-14,17H,3-4,9-10,15-16H2,1-2H3,(H2,25,26,28,31). The summed E-state index contributed by atoms with van der Waals surface area (Å²) < 4.78 is 5.72. The molecule has 31 heavy (non-hydrogen) atoms. The molecule has 2 amide bonds. The number of anilines is 1. The topological polar surface area (TPSA) is 70.7 Å². The van der Waals surface area contributed by atoms with Gasteiger partial charge in [0.05, 0.1) is 22.9 Å². The molecule has 0 bridgehead atoms. The molecule has 1 fully saturated rings. The summed E-state index contributed by atoms with van der Waals surface area (Å²) in [7, 11) is 0. The van der Waals surface area contributed by atoms with E-state index in [1.165, 1.54) is 0 Å². The van der Waals surface area contributed by atoms with Crippen LogP contribution in [0.4, 0.5) is 5.69 Å². The molecule has 1 aliphatic rings. The second kappa shape index (κ2) is 10.9. The zero-order valence-electron chi connectivity index (χ0n) is 18.0. The molecule has 1 aliphatic heterocycles. The van der Waals surface area contributed by atoms with Gasteiger partial charge in [-0.1, -0.05) is 37.1 Å². The first-order chi connectivity index (χ1) is 15.0. The van der Waals surface area contributed by atoms with Crippen LogP contribution in [-0.4, -0.2) is 41.0 Å². The fourth-order valence-corrected chi connectivity index (χ4v) is 3.76. The first-order valence-corrected chi connectivity index (χ1v) is 11.1. The number of carbonyl (C=O) groups excluding carboxylic acids is 2. The highest BCUT2D eigenvalue weighted by molar-refractivity contribution is 7.80. The van der Waals surface area contributed by atoms with Crippen LogP contribution in [0.2, 0.25) is 0 Å². The number of ether oxygens (including phenoxy) is 1. The Morgan fingerprint density at radius 3 is 2.23 bits per heavy atom. The van der Waals surface area contributed by atoms with Crippen molar-refractivity contribution in [1.29, 1.82) is 0 Å². The lowest BCUT2D eigenvalue weighted by molar-refractivity contribution is 0.0762. The minimum absolute atomic E-state index is 0.0187. The summed E-state index contributed by atoms with van der Waals surface area (Å²) in [6.07, 6.45) is 4.29. The lowest BCUT2D eigenvalue weighted by atomic mass is 10.1. The molecule has 1 heterocycles. The maximum Gasteiger partial charge on any atom is 0.261 e.